The van der Waals surface area contributed by atoms with Crippen molar-refractivity contribution < 1.29 is 10.0 Å². The third-order valence-electron chi connectivity index (χ3n) is 6.12. The Morgan fingerprint density at radius 2 is 1.43 bits per heavy atom. The fourth-order valence-corrected chi connectivity index (χ4v) is 4.65. The van der Waals surface area contributed by atoms with Crippen LogP contribution in [0, 0.1) is 0 Å². The molecule has 0 unspecified atom stereocenters. The first-order valence-corrected chi connectivity index (χ1v) is 9.61. The van der Waals surface area contributed by atoms with E-state index in [1.807, 2.05) is 30.3 Å². The van der Waals surface area contributed by atoms with Crippen LogP contribution in [0.4, 0.5) is 0 Å². The Bertz CT molecular complexity index is 1210. The van der Waals surface area contributed by atoms with Gasteiger partial charge in [-0.3, -0.25) is 0 Å². The molecule has 0 radical (unpaired) electrons. The summed E-state index contributed by atoms with van der Waals surface area (Å²) in [6, 6.07) is 27.2. The summed E-state index contributed by atoms with van der Waals surface area (Å²) in [6.45, 7) is 4.50. The largest absolute Gasteiger partial charge is 0.489 e. The lowest BCUT2D eigenvalue weighted by Gasteiger charge is -2.36. The van der Waals surface area contributed by atoms with Gasteiger partial charge in [0, 0.05) is 5.41 Å². The van der Waals surface area contributed by atoms with Crippen LogP contribution in [0.15, 0.2) is 78.9 Å². The molecule has 2 nitrogen and oxygen atoms in total. The van der Waals surface area contributed by atoms with Gasteiger partial charge in [0.1, 0.15) is 0 Å². The molecular formula is C25H21BO2. The summed E-state index contributed by atoms with van der Waals surface area (Å²) in [4.78, 5) is 0. The van der Waals surface area contributed by atoms with E-state index in [1.54, 1.807) is 0 Å². The molecule has 0 fully saturated rings. The predicted molar refractivity (Wildman–Crippen MR) is 117 cm³/mol. The third-order valence-corrected chi connectivity index (χ3v) is 6.12. The van der Waals surface area contributed by atoms with Gasteiger partial charge in [0.15, 0.2) is 0 Å². The van der Waals surface area contributed by atoms with Gasteiger partial charge >= 0.3 is 7.12 Å². The average molecular weight is 364 g/mol. The van der Waals surface area contributed by atoms with Crippen molar-refractivity contribution in [3.05, 3.63) is 90.0 Å². The molecular weight excluding hydrogens is 343 g/mol. The lowest BCUT2D eigenvalue weighted by Crippen LogP contribution is -2.32. The molecule has 0 aliphatic heterocycles. The Morgan fingerprint density at radius 3 is 2.18 bits per heavy atom. The van der Waals surface area contributed by atoms with Crippen molar-refractivity contribution in [3.8, 4) is 22.3 Å². The van der Waals surface area contributed by atoms with Crippen LogP contribution >= 0.6 is 0 Å². The minimum atomic E-state index is -1.48. The van der Waals surface area contributed by atoms with Gasteiger partial charge in [0.05, 0.1) is 0 Å². The van der Waals surface area contributed by atoms with E-state index in [1.165, 1.54) is 27.8 Å². The molecule has 4 aromatic rings. The van der Waals surface area contributed by atoms with Crippen molar-refractivity contribution in [2.24, 2.45) is 0 Å². The van der Waals surface area contributed by atoms with Crippen molar-refractivity contribution in [3.63, 3.8) is 0 Å². The molecule has 0 atom stereocenters. The molecule has 3 heteroatoms. The summed E-state index contributed by atoms with van der Waals surface area (Å²) in [5.74, 6) is 0. The van der Waals surface area contributed by atoms with E-state index in [2.05, 4.69) is 62.4 Å². The monoisotopic (exact) mass is 364 g/mol. The smallest absolute Gasteiger partial charge is 0.423 e. The molecule has 0 aromatic heterocycles. The predicted octanol–water partition coefficient (Wildman–Crippen LogP) is 4.49. The van der Waals surface area contributed by atoms with Gasteiger partial charge in [-0.1, -0.05) is 86.6 Å². The number of rotatable bonds is 2. The number of hydrogen-bond acceptors (Lipinski definition) is 2. The average Bonchev–Trinajstić information content (AvgIpc) is 2.72. The summed E-state index contributed by atoms with van der Waals surface area (Å²) in [5, 5.41) is 21.7. The van der Waals surface area contributed by atoms with Crippen molar-refractivity contribution in [1.82, 2.24) is 0 Å². The molecule has 1 aliphatic rings. The number of benzene rings is 4. The maximum absolute atomic E-state index is 9.84. The van der Waals surface area contributed by atoms with E-state index < -0.39 is 7.12 Å². The molecule has 5 rings (SSSR count). The van der Waals surface area contributed by atoms with Crippen LogP contribution in [0.2, 0.25) is 0 Å². The van der Waals surface area contributed by atoms with E-state index in [9.17, 15) is 10.0 Å². The standard InChI is InChI=1S/C25H21BO2/c1-25(2)21-10-6-9-20-23(26(27)28)14-13-19(24(20)21)18-12-11-17(15-22(18)25)16-7-4-3-5-8-16/h3-15,27-28H,1-2H3. The minimum Gasteiger partial charge on any atom is -0.423 e. The zero-order chi connectivity index (χ0) is 19.5. The molecule has 2 N–H and O–H groups in total. The van der Waals surface area contributed by atoms with Crippen LogP contribution in [0.3, 0.4) is 0 Å². The molecule has 136 valence electrons. The first-order chi connectivity index (χ1) is 13.5. The lowest BCUT2D eigenvalue weighted by atomic mass is 9.66. The Morgan fingerprint density at radius 1 is 0.679 bits per heavy atom. The summed E-state index contributed by atoms with van der Waals surface area (Å²) in [5.41, 5.74) is 7.68. The van der Waals surface area contributed by atoms with E-state index in [0.717, 1.165) is 16.3 Å². The minimum absolute atomic E-state index is 0.189. The Labute approximate surface area is 165 Å². The SMILES string of the molecule is CC1(C)c2cc(-c3ccccc3)ccc2-c2ccc(B(O)O)c3cccc1c23. The summed E-state index contributed by atoms with van der Waals surface area (Å²) in [6.07, 6.45) is 0. The zero-order valence-corrected chi connectivity index (χ0v) is 16.0. The molecule has 28 heavy (non-hydrogen) atoms. The molecule has 1 aliphatic carbocycles. The van der Waals surface area contributed by atoms with Crippen molar-refractivity contribution in [2.75, 3.05) is 0 Å². The normalized spacial score (nSPS) is 14.0. The van der Waals surface area contributed by atoms with Crippen LogP contribution in [0.1, 0.15) is 25.0 Å². The maximum Gasteiger partial charge on any atom is 0.489 e. The second kappa shape index (κ2) is 6.06. The fraction of sp³-hybridized carbons (Fsp3) is 0.120. The van der Waals surface area contributed by atoms with Crippen LogP contribution in [-0.4, -0.2) is 17.2 Å². The van der Waals surface area contributed by atoms with Crippen LogP contribution < -0.4 is 5.46 Å². The van der Waals surface area contributed by atoms with E-state index in [-0.39, 0.29) is 5.41 Å². The topological polar surface area (TPSA) is 40.5 Å². The van der Waals surface area contributed by atoms with Gasteiger partial charge in [-0.2, -0.15) is 0 Å². The summed E-state index contributed by atoms with van der Waals surface area (Å²) >= 11 is 0. The highest BCUT2D eigenvalue weighted by molar-refractivity contribution is 6.62. The van der Waals surface area contributed by atoms with E-state index in [4.69, 9.17) is 0 Å². The van der Waals surface area contributed by atoms with Gasteiger partial charge in [-0.15, -0.1) is 0 Å². The first kappa shape index (κ1) is 17.2. The molecule has 4 aromatic carbocycles. The van der Waals surface area contributed by atoms with E-state index in [0.29, 0.717) is 5.46 Å². The van der Waals surface area contributed by atoms with E-state index >= 15 is 0 Å². The zero-order valence-electron chi connectivity index (χ0n) is 16.0. The molecule has 0 bridgehead atoms. The van der Waals surface area contributed by atoms with Crippen molar-refractivity contribution in [2.45, 2.75) is 19.3 Å². The first-order valence-electron chi connectivity index (χ1n) is 9.61. The van der Waals surface area contributed by atoms with Crippen LogP contribution in [0.25, 0.3) is 33.0 Å². The molecule has 0 saturated carbocycles. The second-order valence-electron chi connectivity index (χ2n) is 8.06. The van der Waals surface area contributed by atoms with Gasteiger partial charge in [0.2, 0.25) is 0 Å². The maximum atomic E-state index is 9.84. The summed E-state index contributed by atoms with van der Waals surface area (Å²) < 4.78 is 0. The van der Waals surface area contributed by atoms with Gasteiger partial charge in [-0.05, 0) is 55.7 Å². The molecule has 0 heterocycles. The molecule has 0 spiro atoms. The van der Waals surface area contributed by atoms with Gasteiger partial charge < -0.3 is 10.0 Å². The van der Waals surface area contributed by atoms with Crippen LogP contribution in [-0.2, 0) is 5.41 Å². The van der Waals surface area contributed by atoms with Crippen LogP contribution in [0.5, 0.6) is 0 Å². The number of fused-ring (bicyclic) bond motifs is 2. The third kappa shape index (κ3) is 2.37. The van der Waals surface area contributed by atoms with Gasteiger partial charge in [0.25, 0.3) is 0 Å². The Balaban J connectivity index is 1.84. The highest BCUT2D eigenvalue weighted by Crippen LogP contribution is 2.49. The summed E-state index contributed by atoms with van der Waals surface area (Å²) in [7, 11) is -1.48. The highest BCUT2D eigenvalue weighted by Gasteiger charge is 2.34. The number of hydrogen-bond donors (Lipinski definition) is 2. The van der Waals surface area contributed by atoms with Crippen molar-refractivity contribution >= 4 is 23.4 Å². The van der Waals surface area contributed by atoms with Crippen molar-refractivity contribution in [1.29, 1.82) is 0 Å². The highest BCUT2D eigenvalue weighted by atomic mass is 16.4. The molecule has 0 amide bonds. The Kier molecular flexibility index (Phi) is 3.73. The Hall–Kier alpha value is -2.88. The molecule has 0 saturated heterocycles. The lowest BCUT2D eigenvalue weighted by molar-refractivity contribution is 0.426. The fourth-order valence-electron chi connectivity index (χ4n) is 4.65. The second-order valence-corrected chi connectivity index (χ2v) is 8.06. The quantitative estimate of drug-likeness (QED) is 0.515. The van der Waals surface area contributed by atoms with Gasteiger partial charge in [-0.25, -0.2) is 0 Å².